The number of fused-ring (bicyclic) bond motifs is 5. The number of nitrogens with one attached hydrogen (secondary N) is 1. The first kappa shape index (κ1) is 20.9. The molecule has 3 saturated carbocycles. The van der Waals surface area contributed by atoms with E-state index in [1.54, 1.807) is 0 Å². The Bertz CT molecular complexity index is 723. The number of amides is 2. The summed E-state index contributed by atoms with van der Waals surface area (Å²) < 4.78 is 0. The van der Waals surface area contributed by atoms with Crippen molar-refractivity contribution in [3.05, 3.63) is 12.2 Å². The molecule has 3 fully saturated rings. The van der Waals surface area contributed by atoms with Gasteiger partial charge >= 0.3 is 0 Å². The molecule has 0 bridgehead atoms. The summed E-state index contributed by atoms with van der Waals surface area (Å²) in [7, 11) is 0. The van der Waals surface area contributed by atoms with Crippen molar-refractivity contribution >= 4 is 11.8 Å². The van der Waals surface area contributed by atoms with Gasteiger partial charge in [-0.3, -0.25) is 9.59 Å². The van der Waals surface area contributed by atoms with Crippen LogP contribution in [-0.2, 0) is 9.59 Å². The van der Waals surface area contributed by atoms with Crippen LogP contribution in [-0.4, -0.2) is 34.8 Å². The molecule has 0 radical (unpaired) electrons. The molecule has 3 aliphatic carbocycles. The van der Waals surface area contributed by atoms with Crippen LogP contribution in [0.25, 0.3) is 0 Å². The van der Waals surface area contributed by atoms with E-state index in [4.69, 9.17) is 0 Å². The van der Waals surface area contributed by atoms with E-state index in [2.05, 4.69) is 57.8 Å². The zero-order valence-corrected chi connectivity index (χ0v) is 19.3. The second-order valence-corrected chi connectivity index (χ2v) is 11.7. The Hall–Kier alpha value is -1.32. The van der Waals surface area contributed by atoms with Crippen molar-refractivity contribution in [2.24, 2.45) is 34.5 Å². The molecule has 0 unspecified atom stereocenters. The van der Waals surface area contributed by atoms with Crippen LogP contribution in [0.4, 0.5) is 0 Å². The van der Waals surface area contributed by atoms with Gasteiger partial charge in [-0.15, -0.1) is 0 Å². The molecule has 4 nitrogen and oxygen atoms in total. The van der Waals surface area contributed by atoms with E-state index in [0.717, 1.165) is 25.8 Å². The molecule has 4 rings (SSSR count). The van der Waals surface area contributed by atoms with Crippen LogP contribution in [0.15, 0.2) is 12.2 Å². The third kappa shape index (κ3) is 3.16. The van der Waals surface area contributed by atoms with E-state index >= 15 is 0 Å². The van der Waals surface area contributed by atoms with E-state index in [0.29, 0.717) is 23.8 Å². The van der Waals surface area contributed by atoms with Crippen LogP contribution in [0, 0.1) is 34.5 Å². The van der Waals surface area contributed by atoms with Gasteiger partial charge in [-0.2, -0.15) is 0 Å². The molecule has 7 atom stereocenters. The molecule has 0 aromatic carbocycles. The van der Waals surface area contributed by atoms with Gasteiger partial charge in [0.05, 0.1) is 0 Å². The van der Waals surface area contributed by atoms with Crippen molar-refractivity contribution in [2.45, 2.75) is 91.6 Å². The van der Waals surface area contributed by atoms with Crippen LogP contribution >= 0.6 is 0 Å². The van der Waals surface area contributed by atoms with Gasteiger partial charge in [0.25, 0.3) is 0 Å². The smallest absolute Gasteiger partial charge is 0.246 e. The second kappa shape index (κ2) is 6.85. The van der Waals surface area contributed by atoms with E-state index in [1.807, 2.05) is 6.08 Å². The number of hydrogen-bond donors (Lipinski definition) is 1. The first-order valence-electron chi connectivity index (χ1n) is 11.8. The van der Waals surface area contributed by atoms with Crippen molar-refractivity contribution < 1.29 is 9.59 Å². The average Bonchev–Trinajstić information content (AvgIpc) is 2.98. The van der Waals surface area contributed by atoms with Crippen LogP contribution in [0.5, 0.6) is 0 Å². The standard InChI is InChI=1S/C25H40N2O2/c1-7-27-20-11-8-16-17-9-10-19(22(29)26-23(2,3)4)24(17,5)14-12-18(16)25(20,6)15-13-21(27)28/h13,15-20H,7-12,14H2,1-6H3,(H,26,29)/t16-,17-,18-,19+,20+,24-,25+/m0/s1. The second-order valence-electron chi connectivity index (χ2n) is 11.7. The van der Waals surface area contributed by atoms with E-state index in [9.17, 15) is 9.59 Å². The quantitative estimate of drug-likeness (QED) is 0.739. The summed E-state index contributed by atoms with van der Waals surface area (Å²) in [5.74, 6) is 2.54. The molecule has 162 valence electrons. The Balaban J connectivity index is 1.59. The lowest BCUT2D eigenvalue weighted by atomic mass is 9.47. The third-order valence-electron chi connectivity index (χ3n) is 9.13. The minimum atomic E-state index is -0.169. The van der Waals surface area contributed by atoms with E-state index in [1.165, 1.54) is 19.3 Å². The maximum atomic E-state index is 13.1. The summed E-state index contributed by atoms with van der Waals surface area (Å²) in [5.41, 5.74) is 0.0373. The molecule has 29 heavy (non-hydrogen) atoms. The first-order chi connectivity index (χ1) is 13.5. The molecule has 1 heterocycles. The summed E-state index contributed by atoms with van der Waals surface area (Å²) in [4.78, 5) is 27.7. The maximum Gasteiger partial charge on any atom is 0.246 e. The first-order valence-corrected chi connectivity index (χ1v) is 11.8. The molecule has 0 saturated heterocycles. The Morgan fingerprint density at radius 3 is 2.52 bits per heavy atom. The zero-order valence-electron chi connectivity index (χ0n) is 19.3. The molecule has 4 heteroatoms. The van der Waals surface area contributed by atoms with Gasteiger partial charge in [0.2, 0.25) is 11.8 Å². The lowest BCUT2D eigenvalue weighted by molar-refractivity contribution is -0.144. The Kier molecular flexibility index (Phi) is 4.94. The highest BCUT2D eigenvalue weighted by Crippen LogP contribution is 2.65. The molecular formula is C25H40N2O2. The molecule has 0 aromatic heterocycles. The number of nitrogens with zero attached hydrogens (tertiary/aromatic N) is 1. The molecule has 4 aliphatic rings. The molecule has 2 amide bonds. The average molecular weight is 401 g/mol. The molecule has 1 aliphatic heterocycles. The molecule has 0 spiro atoms. The lowest BCUT2D eigenvalue weighted by Crippen LogP contribution is -2.60. The molecular weight excluding hydrogens is 360 g/mol. The number of carbonyl (C=O) groups is 2. The van der Waals surface area contributed by atoms with Gasteiger partial charge < -0.3 is 10.2 Å². The highest BCUT2D eigenvalue weighted by atomic mass is 16.2. The zero-order chi connectivity index (χ0) is 21.2. The monoisotopic (exact) mass is 400 g/mol. The Morgan fingerprint density at radius 2 is 1.86 bits per heavy atom. The normalized spacial score (nSPS) is 44.1. The fourth-order valence-corrected chi connectivity index (χ4v) is 7.86. The van der Waals surface area contributed by atoms with Crippen molar-refractivity contribution in [3.8, 4) is 0 Å². The van der Waals surface area contributed by atoms with Crippen LogP contribution in [0.3, 0.4) is 0 Å². The van der Waals surface area contributed by atoms with Crippen molar-refractivity contribution in [1.82, 2.24) is 10.2 Å². The van der Waals surface area contributed by atoms with Crippen molar-refractivity contribution in [2.75, 3.05) is 6.54 Å². The van der Waals surface area contributed by atoms with Crippen molar-refractivity contribution in [3.63, 3.8) is 0 Å². The minimum Gasteiger partial charge on any atom is -0.351 e. The van der Waals surface area contributed by atoms with Crippen molar-refractivity contribution in [1.29, 1.82) is 0 Å². The fraction of sp³-hybridized carbons (Fsp3) is 0.840. The SMILES string of the molecule is CCN1C(=O)C=C[C@]2(C)[C@H]3CC[C@]4(C)[C@@H](C(=O)NC(C)(C)C)CC[C@H]4[C@@H]3CC[C@@H]12. The third-order valence-corrected chi connectivity index (χ3v) is 9.13. The van der Waals surface area contributed by atoms with Crippen LogP contribution in [0.1, 0.15) is 80.1 Å². The van der Waals surface area contributed by atoms with Crippen LogP contribution in [0.2, 0.25) is 0 Å². The van der Waals surface area contributed by atoms with E-state index in [-0.39, 0.29) is 34.1 Å². The summed E-state index contributed by atoms with van der Waals surface area (Å²) in [5, 5.41) is 3.27. The Morgan fingerprint density at radius 1 is 1.14 bits per heavy atom. The van der Waals surface area contributed by atoms with Gasteiger partial charge in [-0.25, -0.2) is 0 Å². The summed E-state index contributed by atoms with van der Waals surface area (Å²) in [6, 6.07) is 0.344. The van der Waals surface area contributed by atoms with Gasteiger partial charge in [0.1, 0.15) is 0 Å². The Labute approximate surface area is 176 Å². The van der Waals surface area contributed by atoms with E-state index < -0.39 is 0 Å². The highest BCUT2D eigenvalue weighted by Gasteiger charge is 2.61. The maximum absolute atomic E-state index is 13.1. The minimum absolute atomic E-state index is 0.0833. The summed E-state index contributed by atoms with van der Waals surface area (Å²) >= 11 is 0. The van der Waals surface area contributed by atoms with Gasteiger partial charge in [0.15, 0.2) is 0 Å². The predicted octanol–water partition coefficient (Wildman–Crippen LogP) is 4.55. The topological polar surface area (TPSA) is 49.4 Å². The largest absolute Gasteiger partial charge is 0.351 e. The highest BCUT2D eigenvalue weighted by molar-refractivity contribution is 5.89. The summed E-state index contributed by atoms with van der Waals surface area (Å²) in [6.07, 6.45) is 10.9. The van der Waals surface area contributed by atoms with Gasteiger partial charge in [-0.05, 0) is 95.5 Å². The van der Waals surface area contributed by atoms with Gasteiger partial charge in [-0.1, -0.05) is 19.9 Å². The summed E-state index contributed by atoms with van der Waals surface area (Å²) in [6.45, 7) is 14.0. The number of rotatable bonds is 2. The predicted molar refractivity (Wildman–Crippen MR) is 116 cm³/mol. The number of carbonyl (C=O) groups excluding carboxylic acids is 2. The van der Waals surface area contributed by atoms with Crippen LogP contribution < -0.4 is 5.32 Å². The lowest BCUT2D eigenvalue weighted by Gasteiger charge is -2.60. The van der Waals surface area contributed by atoms with Gasteiger partial charge in [0, 0.05) is 29.5 Å². The number of likely N-dealkylation sites (N-methyl/N-ethyl adjacent to an activating group) is 1. The molecule has 0 aromatic rings. The number of hydrogen-bond acceptors (Lipinski definition) is 2. The fourth-order valence-electron chi connectivity index (χ4n) is 7.86. The molecule has 1 N–H and O–H groups in total.